The van der Waals surface area contributed by atoms with Crippen molar-refractivity contribution < 1.29 is 87.2 Å². The Balaban J connectivity index is 0.000000151. The lowest BCUT2D eigenvalue weighted by Crippen LogP contribution is -2.63. The Labute approximate surface area is 807 Å². The van der Waals surface area contributed by atoms with E-state index in [0.29, 0.717) is 52.0 Å². The van der Waals surface area contributed by atoms with Crippen LogP contribution in [0.25, 0.3) is 83.2 Å². The molecule has 4 N–H and O–H groups in total. The fraction of sp³-hybridized carbons (Fsp3) is 0.299. The number of carbonyl (C=O) groups excluding carboxylic acids is 5. The summed E-state index contributed by atoms with van der Waals surface area (Å²) in [5, 5.41) is 32.4. The molecule has 0 aliphatic carbocycles. The number of aromatic hydroxyl groups is 3. The van der Waals surface area contributed by atoms with Crippen LogP contribution in [0.2, 0.25) is 15.1 Å². The Morgan fingerprint density at radius 3 is 1.17 bits per heavy atom. The van der Waals surface area contributed by atoms with Gasteiger partial charge in [0, 0.05) is 86.6 Å². The first-order valence-electron chi connectivity index (χ1n) is 43.8. The average Bonchev–Trinajstić information content (AvgIpc) is 1.42. The summed E-state index contributed by atoms with van der Waals surface area (Å²) in [6.07, 6.45) is 7.93. The van der Waals surface area contributed by atoms with Crippen LogP contribution in [0.3, 0.4) is 0 Å². The molecule has 0 radical (unpaired) electrons. The lowest BCUT2D eigenvalue weighted by Gasteiger charge is -2.45. The topological polar surface area (TPSA) is 358 Å². The maximum atomic E-state index is 17.4. The Morgan fingerprint density at radius 2 is 0.779 bits per heavy atom. The van der Waals surface area contributed by atoms with Crippen molar-refractivity contribution >= 4 is 136 Å². The molecule has 18 rings (SSSR count). The highest BCUT2D eigenvalue weighted by Gasteiger charge is 2.51. The first-order chi connectivity index (χ1) is 66.1. The van der Waals surface area contributed by atoms with Crippen molar-refractivity contribution in [3.63, 3.8) is 0 Å². The van der Waals surface area contributed by atoms with E-state index < -0.39 is 238 Å². The van der Waals surface area contributed by atoms with Crippen LogP contribution in [0.4, 0.5) is 68.3 Å². The third-order valence-electron chi connectivity index (χ3n) is 25.8. The predicted molar refractivity (Wildman–Crippen MR) is 509 cm³/mol. The molecule has 728 valence electrons. The van der Waals surface area contributed by atoms with Crippen LogP contribution in [0.1, 0.15) is 114 Å². The van der Waals surface area contributed by atoms with Gasteiger partial charge in [-0.15, -0.1) is 0 Å². The minimum Gasteiger partial charge on any atom is -0.507 e. The Morgan fingerprint density at radius 1 is 0.443 bits per heavy atom. The summed E-state index contributed by atoms with van der Waals surface area (Å²) < 4.78 is 174. The summed E-state index contributed by atoms with van der Waals surface area (Å²) in [7, 11) is -3.21. The number of sulfone groups is 1. The minimum absolute atomic E-state index is 0.0567. The SMILES string of the molecule is C=CC(=O)N1CC(C)N2c3nc(=O)n(-c4c(C)ccnc4C(C)C)c4c(F)c(-c5c(O)ccc(F)c5F)c(Cl)c(c34)N(C)C(=O)C2C1.C=CC(=O)N1CC(C)N2c3nc(=O)n(-c4c(C)ccnc4C(C)C)c4c(F)c(-c5c(O)ccc(F)c5F)c(Cl)c(c34)NC(=O)C2C1.C=CC(=O)N1CC(C)N2c3nc(=O)n(-c4c(C)ccnc4C(C)C)c4c(F)c(-c5c(O)ccc(F)c5F)c(Cl)c(c34)S(=O)(=O)CC2C1. The highest BCUT2D eigenvalue weighted by molar-refractivity contribution is 7.91. The van der Waals surface area contributed by atoms with Crippen molar-refractivity contribution in [1.82, 2.24) is 58.3 Å². The van der Waals surface area contributed by atoms with E-state index in [1.807, 2.05) is 27.7 Å². The number of pyridine rings is 3. The molecule has 5 amide bonds. The van der Waals surface area contributed by atoms with Crippen molar-refractivity contribution in [2.45, 2.75) is 142 Å². The number of hydrogen-bond acceptors (Lipinski definition) is 22. The zero-order valence-corrected chi connectivity index (χ0v) is 80.0. The molecule has 0 bridgehead atoms. The molecule has 43 heteroatoms. The third kappa shape index (κ3) is 15.8. The van der Waals surface area contributed by atoms with Crippen molar-refractivity contribution in [1.29, 1.82) is 0 Å². The predicted octanol–water partition coefficient (Wildman–Crippen LogP) is 15.5. The molecule has 0 spiro atoms. The van der Waals surface area contributed by atoms with Gasteiger partial charge in [0.15, 0.2) is 62.2 Å². The highest BCUT2D eigenvalue weighted by Crippen LogP contribution is 2.56. The quantitative estimate of drug-likeness (QED) is 0.0501. The standard InChI is InChI=1S/C33H30ClF3N6O4.C32H28ClF3N6O4.C32H29ClF3N5O5S/c1-7-20(45)41-12-16(5)42-18(13-41)32(46)40(6)29-23-30(26(37)22(24(29)34)21-19(44)9-8-17(35)25(21)36)43(33(47)39-31(23)42)28-15(4)10-11-38-27(28)14(2)3;1-6-19(44)40-11-15(5)41-17(12-40)31(45)38-27-22-29(25(36)21(23(27)33)20-18(43)8-7-16(34)24(20)35)42(32(46)39-30(22)41)28-14(4)9-10-37-26(28)13(2)3;1-6-20(43)39-11-16(5)40-17(12-39)13-47(45,46)30-23-29(26(36)22(24(30)33)21-19(42)8-7-18(34)25(21)35)41(32(44)38-31(23)40)28-15(4)9-10-37-27(28)14(2)3/h7-11,14,16,18,44H,1,12-13H2,2-6H3;6-10,13,15,17,43H,1,11-12H2,2-5H3,(H,38,45);6-10,14,16-17,42H,1,11-13H2,2-5H3. The number of nitrogens with zero attached hydrogens (tertiary/aromatic N) is 16. The van der Waals surface area contributed by atoms with Crippen LogP contribution in [0.5, 0.6) is 17.2 Å². The monoisotopic (exact) mass is 2010 g/mol. The first kappa shape index (κ1) is 98.8. The van der Waals surface area contributed by atoms with Gasteiger partial charge in [-0.2, -0.15) is 15.0 Å². The number of fused-ring (bicyclic) bond motifs is 6. The Bertz CT molecular complexity index is 7800. The third-order valence-corrected chi connectivity index (χ3v) is 28.9. The molecule has 3 fully saturated rings. The highest BCUT2D eigenvalue weighted by atomic mass is 35.5. The summed E-state index contributed by atoms with van der Waals surface area (Å²) >= 11 is 20.4. The molecule has 6 aliphatic heterocycles. The van der Waals surface area contributed by atoms with E-state index in [0.717, 1.165) is 55.0 Å². The van der Waals surface area contributed by atoms with Gasteiger partial charge in [-0.05, 0) is 149 Å². The van der Waals surface area contributed by atoms with Gasteiger partial charge in [0.25, 0.3) is 5.91 Å². The number of amides is 5. The molecule has 6 atom stereocenters. The largest absolute Gasteiger partial charge is 0.507 e. The second-order valence-corrected chi connectivity index (χ2v) is 38.8. The van der Waals surface area contributed by atoms with Crippen LogP contribution < -0.4 is 42.0 Å². The van der Waals surface area contributed by atoms with Gasteiger partial charge in [0.2, 0.25) is 23.6 Å². The van der Waals surface area contributed by atoms with Crippen molar-refractivity contribution in [2.75, 3.05) is 77.0 Å². The second kappa shape index (κ2) is 36.8. The zero-order valence-electron chi connectivity index (χ0n) is 77.0. The first-order valence-corrected chi connectivity index (χ1v) is 46.6. The van der Waals surface area contributed by atoms with Gasteiger partial charge < -0.3 is 54.9 Å². The summed E-state index contributed by atoms with van der Waals surface area (Å²) in [5.41, 5.74) is -6.95. The number of anilines is 5. The molecule has 140 heavy (non-hydrogen) atoms. The van der Waals surface area contributed by atoms with E-state index in [1.165, 1.54) is 39.0 Å². The normalized spacial score (nSPS) is 18.0. The summed E-state index contributed by atoms with van der Waals surface area (Å²) in [6.45, 7) is 31.6. The molecule has 6 aromatic heterocycles. The van der Waals surface area contributed by atoms with Crippen molar-refractivity contribution in [3.8, 4) is 67.7 Å². The Hall–Kier alpha value is -14.3. The summed E-state index contributed by atoms with van der Waals surface area (Å²) in [5.74, 6) is -20.1. The number of aromatic nitrogens is 9. The number of hydrogen-bond donors (Lipinski definition) is 4. The molecule has 12 aromatic rings. The maximum absolute atomic E-state index is 17.4. The molecule has 3 saturated heterocycles. The number of rotatable bonds is 12. The van der Waals surface area contributed by atoms with Crippen LogP contribution in [-0.4, -0.2) is 200 Å². The lowest BCUT2D eigenvalue weighted by molar-refractivity contribution is -0.130. The molecule has 30 nitrogen and oxygen atoms in total. The molecule has 6 unspecified atom stereocenters. The molecular formula is C97H87Cl3F9N17O13S. The van der Waals surface area contributed by atoms with Gasteiger partial charge in [-0.25, -0.2) is 62.3 Å². The minimum atomic E-state index is -4.57. The number of phenols is 3. The average molecular weight is 2010 g/mol. The van der Waals surface area contributed by atoms with Gasteiger partial charge in [-0.3, -0.25) is 52.6 Å². The van der Waals surface area contributed by atoms with E-state index in [-0.39, 0.29) is 119 Å². The van der Waals surface area contributed by atoms with E-state index >= 15 is 26.3 Å². The summed E-state index contributed by atoms with van der Waals surface area (Å²) in [6, 6.07) is 4.22. The van der Waals surface area contributed by atoms with Crippen LogP contribution in [0.15, 0.2) is 130 Å². The zero-order chi connectivity index (χ0) is 102. The van der Waals surface area contributed by atoms with E-state index in [1.54, 1.807) is 89.6 Å². The molecular weight excluding hydrogens is 1920 g/mol. The fourth-order valence-corrected chi connectivity index (χ4v) is 22.8. The Kier molecular flexibility index (Phi) is 26.0. The number of halogens is 12. The summed E-state index contributed by atoms with van der Waals surface area (Å²) in [4.78, 5) is 144. The fourth-order valence-electron chi connectivity index (χ4n) is 19.7. The van der Waals surface area contributed by atoms with Gasteiger partial charge in [-0.1, -0.05) is 96.1 Å². The van der Waals surface area contributed by atoms with Gasteiger partial charge in [0.1, 0.15) is 57.8 Å². The van der Waals surface area contributed by atoms with E-state index in [2.05, 4.69) is 55.0 Å². The number of benzene rings is 6. The van der Waals surface area contributed by atoms with Crippen LogP contribution >= 0.6 is 34.8 Å². The number of piperazine rings is 3. The van der Waals surface area contributed by atoms with Gasteiger partial charge >= 0.3 is 17.1 Å². The second-order valence-electron chi connectivity index (χ2n) is 35.7. The number of likely N-dealkylation sites (N-methyl/N-ethyl adjacent to an activating group) is 1. The van der Waals surface area contributed by atoms with Crippen molar-refractivity contribution in [3.05, 3.63) is 244 Å². The maximum Gasteiger partial charge on any atom is 0.354 e. The van der Waals surface area contributed by atoms with Crippen molar-refractivity contribution in [2.24, 2.45) is 0 Å². The molecule has 0 saturated carbocycles. The van der Waals surface area contributed by atoms with Gasteiger partial charge in [0.05, 0.1) is 129 Å². The number of carbonyl (C=O) groups is 5. The van der Waals surface area contributed by atoms with E-state index in [4.69, 9.17) is 34.8 Å². The van der Waals surface area contributed by atoms with E-state index in [9.17, 15) is 75.3 Å². The molecule has 6 aromatic carbocycles. The lowest BCUT2D eigenvalue weighted by atomic mass is 9.97. The van der Waals surface area contributed by atoms with Crippen LogP contribution in [0, 0.1) is 73.1 Å². The number of aryl methyl sites for hydroxylation is 3. The number of phenolic OH excluding ortho intramolecular Hbond substituents is 3. The molecule has 12 heterocycles. The molecule has 6 aliphatic rings. The van der Waals surface area contributed by atoms with Crippen LogP contribution in [-0.2, 0) is 33.8 Å². The number of nitrogens with one attached hydrogen (secondary N) is 1. The smallest absolute Gasteiger partial charge is 0.354 e.